The van der Waals surface area contributed by atoms with Crippen LogP contribution in [0.3, 0.4) is 0 Å². The average Bonchev–Trinajstić information content (AvgIpc) is 2.82. The van der Waals surface area contributed by atoms with Crippen LogP contribution < -0.4 is 5.32 Å². The van der Waals surface area contributed by atoms with Crippen molar-refractivity contribution in [1.82, 2.24) is 10.2 Å². The molecule has 3 fully saturated rings. The second kappa shape index (κ2) is 3.99. The van der Waals surface area contributed by atoms with Crippen LogP contribution in [0.25, 0.3) is 0 Å². The summed E-state index contributed by atoms with van der Waals surface area (Å²) in [5, 5.41) is 12.4. The Balaban J connectivity index is 1.75. The van der Waals surface area contributed by atoms with Crippen LogP contribution in [0.5, 0.6) is 0 Å². The van der Waals surface area contributed by atoms with Crippen molar-refractivity contribution >= 4 is 5.91 Å². The van der Waals surface area contributed by atoms with Gasteiger partial charge in [0.25, 0.3) is 0 Å². The van der Waals surface area contributed by atoms with E-state index in [0.717, 1.165) is 32.2 Å². The van der Waals surface area contributed by atoms with Gasteiger partial charge in [-0.15, -0.1) is 0 Å². The molecule has 2 heterocycles. The lowest BCUT2D eigenvalue weighted by Gasteiger charge is -2.28. The molecular formula is C13H19N3O. The molecule has 2 aliphatic heterocycles. The third-order valence-corrected chi connectivity index (χ3v) is 4.65. The first-order valence-corrected chi connectivity index (χ1v) is 6.71. The monoisotopic (exact) mass is 233 g/mol. The van der Waals surface area contributed by atoms with Gasteiger partial charge >= 0.3 is 0 Å². The number of nitrogens with zero attached hydrogens (tertiary/aromatic N) is 2. The van der Waals surface area contributed by atoms with Crippen LogP contribution in [0.1, 0.15) is 32.6 Å². The topological polar surface area (TPSA) is 56.1 Å². The molecule has 0 spiro atoms. The Morgan fingerprint density at radius 1 is 1.53 bits per heavy atom. The highest BCUT2D eigenvalue weighted by molar-refractivity contribution is 5.84. The van der Waals surface area contributed by atoms with Crippen LogP contribution >= 0.6 is 0 Å². The van der Waals surface area contributed by atoms with Crippen LogP contribution in [0, 0.1) is 23.2 Å². The molecule has 2 saturated heterocycles. The minimum atomic E-state index is -0.161. The lowest BCUT2D eigenvalue weighted by Crippen LogP contribution is -2.49. The Bertz CT molecular complexity index is 375. The first kappa shape index (κ1) is 11.0. The van der Waals surface area contributed by atoms with E-state index in [-0.39, 0.29) is 18.0 Å². The van der Waals surface area contributed by atoms with Crippen molar-refractivity contribution in [3.05, 3.63) is 0 Å². The van der Waals surface area contributed by atoms with Gasteiger partial charge in [-0.05, 0) is 37.6 Å². The molecule has 1 amide bonds. The smallest absolute Gasteiger partial charge is 0.241 e. The molecule has 4 nitrogen and oxygen atoms in total. The van der Waals surface area contributed by atoms with Gasteiger partial charge in [0.05, 0.1) is 12.1 Å². The van der Waals surface area contributed by atoms with Gasteiger partial charge in [0.15, 0.2) is 0 Å². The second-order valence-corrected chi connectivity index (χ2v) is 5.58. The van der Waals surface area contributed by atoms with Crippen molar-refractivity contribution in [3.63, 3.8) is 0 Å². The Hall–Kier alpha value is -1.08. The van der Waals surface area contributed by atoms with Crippen molar-refractivity contribution < 1.29 is 4.79 Å². The highest BCUT2D eigenvalue weighted by atomic mass is 16.2. The van der Waals surface area contributed by atoms with E-state index >= 15 is 0 Å². The van der Waals surface area contributed by atoms with Gasteiger partial charge in [-0.1, -0.05) is 13.3 Å². The molecule has 1 saturated carbocycles. The maximum absolute atomic E-state index is 12.5. The van der Waals surface area contributed by atoms with Crippen LogP contribution in [-0.2, 0) is 4.79 Å². The van der Waals surface area contributed by atoms with Crippen molar-refractivity contribution in [1.29, 1.82) is 5.26 Å². The quantitative estimate of drug-likeness (QED) is 0.770. The van der Waals surface area contributed by atoms with Gasteiger partial charge in [0.1, 0.15) is 6.04 Å². The van der Waals surface area contributed by atoms with Crippen molar-refractivity contribution in [2.45, 2.75) is 50.7 Å². The molecular weight excluding hydrogens is 214 g/mol. The van der Waals surface area contributed by atoms with E-state index < -0.39 is 0 Å². The summed E-state index contributed by atoms with van der Waals surface area (Å²) in [7, 11) is 0. The number of piperidine rings is 1. The number of amides is 1. The molecule has 3 aliphatic rings. The molecule has 0 radical (unpaired) electrons. The van der Waals surface area contributed by atoms with E-state index in [4.69, 9.17) is 5.26 Å². The first-order valence-electron chi connectivity index (χ1n) is 6.71. The number of carbonyl (C=O) groups excluding carboxylic acids is 1. The summed E-state index contributed by atoms with van der Waals surface area (Å²) in [6.45, 7) is 3.08. The van der Waals surface area contributed by atoms with E-state index in [0.29, 0.717) is 17.9 Å². The molecule has 4 heteroatoms. The number of hydrogen-bond donors (Lipinski definition) is 1. The molecule has 0 aromatic heterocycles. The SMILES string of the molecule is CC[C@H]1CCN[C@@H]1C(=O)N1C2CC2C[C@H]1C#N. The Morgan fingerprint density at radius 3 is 3.06 bits per heavy atom. The van der Waals surface area contributed by atoms with Gasteiger partial charge in [-0.25, -0.2) is 0 Å². The molecule has 1 N–H and O–H groups in total. The van der Waals surface area contributed by atoms with Crippen molar-refractivity contribution in [2.75, 3.05) is 6.54 Å². The number of hydrogen-bond acceptors (Lipinski definition) is 3. The van der Waals surface area contributed by atoms with E-state index in [1.165, 1.54) is 0 Å². The summed E-state index contributed by atoms with van der Waals surface area (Å²) in [6, 6.07) is 2.48. The zero-order valence-corrected chi connectivity index (χ0v) is 10.2. The van der Waals surface area contributed by atoms with E-state index in [1.54, 1.807) is 0 Å². The van der Waals surface area contributed by atoms with Crippen molar-refractivity contribution in [3.8, 4) is 6.07 Å². The predicted octanol–water partition coefficient (Wildman–Crippen LogP) is 0.887. The Labute approximate surface area is 102 Å². The molecule has 5 atom stereocenters. The Kier molecular flexibility index (Phi) is 2.59. The molecule has 92 valence electrons. The minimum absolute atomic E-state index is 0.0322. The number of carbonyl (C=O) groups is 1. The summed E-state index contributed by atoms with van der Waals surface area (Å²) in [6.07, 6.45) is 4.15. The first-order chi connectivity index (χ1) is 8.26. The molecule has 0 aromatic rings. The highest BCUT2D eigenvalue weighted by Gasteiger charge is 2.55. The largest absolute Gasteiger partial charge is 0.322 e. The number of likely N-dealkylation sites (tertiary alicyclic amines) is 1. The van der Waals surface area contributed by atoms with E-state index in [9.17, 15) is 4.79 Å². The third kappa shape index (κ3) is 1.64. The molecule has 0 bridgehead atoms. The minimum Gasteiger partial charge on any atom is -0.322 e. The lowest BCUT2D eigenvalue weighted by atomic mass is 9.96. The standard InChI is InChI=1S/C13H19N3O/c1-2-8-3-4-15-12(8)13(17)16-10(7-14)5-9-6-11(9)16/h8-12,15H,2-6H2,1H3/t8-,9?,10-,11?,12-/m0/s1. The van der Waals surface area contributed by atoms with Gasteiger partial charge in [-0.3, -0.25) is 4.79 Å². The molecule has 0 aromatic carbocycles. The fraction of sp³-hybridized carbons (Fsp3) is 0.846. The van der Waals surface area contributed by atoms with Gasteiger partial charge in [0.2, 0.25) is 5.91 Å². The van der Waals surface area contributed by atoms with Gasteiger partial charge in [0, 0.05) is 6.04 Å². The number of fused-ring (bicyclic) bond motifs is 1. The normalized spacial score (nSPS) is 43.3. The fourth-order valence-corrected chi connectivity index (χ4v) is 3.54. The van der Waals surface area contributed by atoms with Crippen LogP contribution in [0.15, 0.2) is 0 Å². The average molecular weight is 233 g/mol. The van der Waals surface area contributed by atoms with Crippen LogP contribution in [0.2, 0.25) is 0 Å². The highest BCUT2D eigenvalue weighted by Crippen LogP contribution is 2.48. The lowest BCUT2D eigenvalue weighted by molar-refractivity contribution is -0.135. The summed E-state index contributed by atoms with van der Waals surface area (Å²) < 4.78 is 0. The van der Waals surface area contributed by atoms with Crippen LogP contribution in [0.4, 0.5) is 0 Å². The Morgan fingerprint density at radius 2 is 2.35 bits per heavy atom. The zero-order valence-electron chi connectivity index (χ0n) is 10.2. The van der Waals surface area contributed by atoms with Crippen LogP contribution in [-0.4, -0.2) is 35.5 Å². The number of rotatable bonds is 2. The molecule has 17 heavy (non-hydrogen) atoms. The maximum Gasteiger partial charge on any atom is 0.241 e. The molecule has 2 unspecified atom stereocenters. The second-order valence-electron chi connectivity index (χ2n) is 5.58. The number of nitrogens with one attached hydrogen (secondary N) is 1. The summed E-state index contributed by atoms with van der Waals surface area (Å²) in [5.41, 5.74) is 0. The maximum atomic E-state index is 12.5. The zero-order chi connectivity index (χ0) is 12.0. The summed E-state index contributed by atoms with van der Waals surface area (Å²) >= 11 is 0. The van der Waals surface area contributed by atoms with Crippen molar-refractivity contribution in [2.24, 2.45) is 11.8 Å². The number of nitriles is 1. The van der Waals surface area contributed by atoms with Gasteiger partial charge in [-0.2, -0.15) is 5.26 Å². The summed E-state index contributed by atoms with van der Waals surface area (Å²) in [5.74, 6) is 1.26. The van der Waals surface area contributed by atoms with E-state index in [1.807, 2.05) is 4.90 Å². The fourth-order valence-electron chi connectivity index (χ4n) is 3.54. The summed E-state index contributed by atoms with van der Waals surface area (Å²) in [4.78, 5) is 14.4. The van der Waals surface area contributed by atoms with E-state index in [2.05, 4.69) is 18.3 Å². The predicted molar refractivity (Wildman–Crippen MR) is 62.9 cm³/mol. The van der Waals surface area contributed by atoms with Gasteiger partial charge < -0.3 is 10.2 Å². The molecule has 1 aliphatic carbocycles. The molecule has 3 rings (SSSR count). The third-order valence-electron chi connectivity index (χ3n) is 4.65.